The maximum absolute atomic E-state index is 12.5. The quantitative estimate of drug-likeness (QED) is 0.834. The Bertz CT molecular complexity index is 390. The SMILES string of the molecule is N#CCc1cnc(Br)c(O)c1C(F)F. The molecule has 0 aromatic carbocycles. The van der Waals surface area contributed by atoms with Crippen LogP contribution in [0.3, 0.4) is 0 Å². The van der Waals surface area contributed by atoms with Crippen LogP contribution in [0.1, 0.15) is 17.6 Å². The molecule has 0 atom stereocenters. The van der Waals surface area contributed by atoms with Gasteiger partial charge in [-0.15, -0.1) is 0 Å². The molecule has 0 saturated carbocycles. The highest BCUT2D eigenvalue weighted by molar-refractivity contribution is 9.10. The minimum Gasteiger partial charge on any atom is -0.505 e. The van der Waals surface area contributed by atoms with Crippen molar-refractivity contribution in [2.24, 2.45) is 0 Å². The molecule has 0 fully saturated rings. The predicted molar refractivity (Wildman–Crippen MR) is 47.9 cm³/mol. The Balaban J connectivity index is 3.31. The van der Waals surface area contributed by atoms with E-state index in [9.17, 15) is 13.9 Å². The van der Waals surface area contributed by atoms with Crippen molar-refractivity contribution in [2.75, 3.05) is 0 Å². The van der Waals surface area contributed by atoms with E-state index >= 15 is 0 Å². The van der Waals surface area contributed by atoms with Crippen LogP contribution in [-0.4, -0.2) is 10.1 Å². The third kappa shape index (κ3) is 1.99. The molecule has 0 bridgehead atoms. The maximum Gasteiger partial charge on any atom is 0.267 e. The molecule has 1 aromatic heterocycles. The normalized spacial score (nSPS) is 10.2. The number of aromatic nitrogens is 1. The zero-order chi connectivity index (χ0) is 10.7. The maximum atomic E-state index is 12.5. The Morgan fingerprint density at radius 1 is 1.64 bits per heavy atom. The number of nitriles is 1. The summed E-state index contributed by atoms with van der Waals surface area (Å²) in [6, 6.07) is 1.73. The van der Waals surface area contributed by atoms with Crippen LogP contribution >= 0.6 is 15.9 Å². The molecule has 3 nitrogen and oxygen atoms in total. The summed E-state index contributed by atoms with van der Waals surface area (Å²) in [6.45, 7) is 0. The van der Waals surface area contributed by atoms with Crippen molar-refractivity contribution >= 4 is 15.9 Å². The summed E-state index contributed by atoms with van der Waals surface area (Å²) < 4.78 is 24.9. The van der Waals surface area contributed by atoms with Crippen LogP contribution in [0.5, 0.6) is 5.75 Å². The van der Waals surface area contributed by atoms with Gasteiger partial charge in [-0.3, -0.25) is 0 Å². The molecule has 6 heteroatoms. The minimum absolute atomic E-state index is 0.0446. The van der Waals surface area contributed by atoms with Gasteiger partial charge >= 0.3 is 0 Å². The predicted octanol–water partition coefficient (Wildman–Crippen LogP) is 2.55. The molecule has 0 aliphatic rings. The molecular formula is C8H5BrF2N2O. The van der Waals surface area contributed by atoms with Crippen LogP contribution in [0.25, 0.3) is 0 Å². The molecule has 1 rings (SSSR count). The summed E-state index contributed by atoms with van der Waals surface area (Å²) in [4.78, 5) is 3.62. The molecule has 0 spiro atoms. The summed E-state index contributed by atoms with van der Waals surface area (Å²) in [7, 11) is 0. The fraction of sp³-hybridized carbons (Fsp3) is 0.250. The Hall–Kier alpha value is -1.22. The molecule has 14 heavy (non-hydrogen) atoms. The summed E-state index contributed by atoms with van der Waals surface area (Å²) in [5.74, 6) is -0.604. The lowest BCUT2D eigenvalue weighted by molar-refractivity contribution is 0.146. The monoisotopic (exact) mass is 262 g/mol. The van der Waals surface area contributed by atoms with Crippen LogP contribution in [0.15, 0.2) is 10.8 Å². The van der Waals surface area contributed by atoms with Gasteiger partial charge in [-0.25, -0.2) is 13.8 Å². The first kappa shape index (κ1) is 10.9. The highest BCUT2D eigenvalue weighted by Crippen LogP contribution is 2.35. The minimum atomic E-state index is -2.82. The van der Waals surface area contributed by atoms with Gasteiger partial charge in [0.15, 0.2) is 5.75 Å². The fourth-order valence-corrected chi connectivity index (χ4v) is 1.31. The number of pyridine rings is 1. The Kier molecular flexibility index (Phi) is 3.36. The summed E-state index contributed by atoms with van der Waals surface area (Å²) in [5.41, 5.74) is -0.489. The van der Waals surface area contributed by atoms with Gasteiger partial charge < -0.3 is 5.11 Å². The standard InChI is InChI=1S/C8H5BrF2N2O/c9-7-6(14)5(8(10)11)4(1-2-12)3-13-7/h3,8,14H,1H2. The molecule has 0 aliphatic carbocycles. The molecule has 1 aromatic rings. The molecule has 1 N–H and O–H groups in total. The van der Waals surface area contributed by atoms with Gasteiger partial charge in [0.05, 0.1) is 18.1 Å². The van der Waals surface area contributed by atoms with Crippen molar-refractivity contribution in [3.8, 4) is 11.8 Å². The molecule has 1 heterocycles. The zero-order valence-corrected chi connectivity index (χ0v) is 8.42. The number of rotatable bonds is 2. The van der Waals surface area contributed by atoms with Gasteiger partial charge in [0.1, 0.15) is 4.60 Å². The van der Waals surface area contributed by atoms with E-state index in [-0.39, 0.29) is 16.6 Å². The summed E-state index contributed by atoms with van der Waals surface area (Å²) in [5, 5.41) is 17.6. The third-order valence-corrected chi connectivity index (χ3v) is 2.20. The van der Waals surface area contributed by atoms with Crippen molar-refractivity contribution in [1.29, 1.82) is 5.26 Å². The summed E-state index contributed by atoms with van der Waals surface area (Å²) in [6.07, 6.45) is -1.88. The molecule has 0 aliphatic heterocycles. The van der Waals surface area contributed by atoms with Gasteiger partial charge in [-0.05, 0) is 21.5 Å². The van der Waals surface area contributed by atoms with Crippen molar-refractivity contribution in [3.05, 3.63) is 21.9 Å². The van der Waals surface area contributed by atoms with E-state index in [1.165, 1.54) is 0 Å². The molecule has 0 saturated heterocycles. The Morgan fingerprint density at radius 3 is 2.79 bits per heavy atom. The third-order valence-electron chi connectivity index (χ3n) is 1.62. The molecule has 74 valence electrons. The van der Waals surface area contributed by atoms with E-state index < -0.39 is 17.7 Å². The Labute approximate surface area is 87.1 Å². The number of hydrogen-bond acceptors (Lipinski definition) is 3. The average Bonchev–Trinajstić information content (AvgIpc) is 2.11. The van der Waals surface area contributed by atoms with Gasteiger partial charge in [0.25, 0.3) is 6.43 Å². The second-order valence-electron chi connectivity index (χ2n) is 2.47. The lowest BCUT2D eigenvalue weighted by atomic mass is 10.1. The van der Waals surface area contributed by atoms with Crippen LogP contribution in [0, 0.1) is 11.3 Å². The summed E-state index contributed by atoms with van der Waals surface area (Å²) >= 11 is 2.82. The number of alkyl halides is 2. The highest BCUT2D eigenvalue weighted by atomic mass is 79.9. The topological polar surface area (TPSA) is 56.9 Å². The van der Waals surface area contributed by atoms with E-state index in [4.69, 9.17) is 5.26 Å². The lowest BCUT2D eigenvalue weighted by Crippen LogP contribution is -1.97. The van der Waals surface area contributed by atoms with E-state index in [0.29, 0.717) is 0 Å². The largest absolute Gasteiger partial charge is 0.505 e. The Morgan fingerprint density at radius 2 is 2.29 bits per heavy atom. The van der Waals surface area contributed by atoms with Crippen LogP contribution < -0.4 is 0 Å². The number of halogens is 3. The first-order valence-corrected chi connectivity index (χ1v) is 4.38. The van der Waals surface area contributed by atoms with E-state index in [1.54, 1.807) is 6.07 Å². The second kappa shape index (κ2) is 4.33. The lowest BCUT2D eigenvalue weighted by Gasteiger charge is -2.08. The number of aromatic hydroxyl groups is 1. The molecule has 0 amide bonds. The van der Waals surface area contributed by atoms with E-state index in [1.807, 2.05) is 0 Å². The first-order valence-electron chi connectivity index (χ1n) is 3.59. The number of nitrogens with zero attached hydrogens (tertiary/aromatic N) is 2. The van der Waals surface area contributed by atoms with Crippen molar-refractivity contribution in [3.63, 3.8) is 0 Å². The second-order valence-corrected chi connectivity index (χ2v) is 3.22. The molecular weight excluding hydrogens is 258 g/mol. The van der Waals surface area contributed by atoms with Gasteiger partial charge in [-0.1, -0.05) is 0 Å². The first-order chi connectivity index (χ1) is 6.57. The van der Waals surface area contributed by atoms with Crippen LogP contribution in [-0.2, 0) is 6.42 Å². The van der Waals surface area contributed by atoms with Crippen molar-refractivity contribution in [1.82, 2.24) is 4.98 Å². The fourth-order valence-electron chi connectivity index (χ4n) is 0.998. The smallest absolute Gasteiger partial charge is 0.267 e. The van der Waals surface area contributed by atoms with E-state index in [0.717, 1.165) is 6.20 Å². The number of hydrogen-bond donors (Lipinski definition) is 1. The molecule has 0 radical (unpaired) electrons. The van der Waals surface area contributed by atoms with E-state index in [2.05, 4.69) is 20.9 Å². The van der Waals surface area contributed by atoms with Crippen molar-refractivity contribution < 1.29 is 13.9 Å². The van der Waals surface area contributed by atoms with Gasteiger partial charge in [0, 0.05) is 6.20 Å². The van der Waals surface area contributed by atoms with Crippen LogP contribution in [0.2, 0.25) is 0 Å². The molecule has 0 unspecified atom stereocenters. The van der Waals surface area contributed by atoms with Crippen LogP contribution in [0.4, 0.5) is 8.78 Å². The highest BCUT2D eigenvalue weighted by Gasteiger charge is 2.20. The zero-order valence-electron chi connectivity index (χ0n) is 6.84. The van der Waals surface area contributed by atoms with Gasteiger partial charge in [-0.2, -0.15) is 5.26 Å². The van der Waals surface area contributed by atoms with Gasteiger partial charge in [0.2, 0.25) is 0 Å². The average molecular weight is 263 g/mol. The van der Waals surface area contributed by atoms with Crippen molar-refractivity contribution in [2.45, 2.75) is 12.8 Å².